The maximum atomic E-state index is 12.2. The van der Waals surface area contributed by atoms with E-state index in [2.05, 4.69) is 37.2 Å². The van der Waals surface area contributed by atoms with Crippen LogP contribution in [0.4, 0.5) is 5.69 Å². The van der Waals surface area contributed by atoms with Crippen LogP contribution in [0.2, 0.25) is 0 Å². The first-order valence-corrected chi connectivity index (χ1v) is 7.52. The van der Waals surface area contributed by atoms with Crippen LogP contribution in [0.1, 0.15) is 10.4 Å². The molecular formula is C14H12Br2N2O3. The van der Waals surface area contributed by atoms with E-state index < -0.39 is 0 Å². The van der Waals surface area contributed by atoms with Gasteiger partial charge in [0, 0.05) is 35.4 Å². The molecule has 0 fully saturated rings. The van der Waals surface area contributed by atoms with Crippen LogP contribution in [-0.4, -0.2) is 17.6 Å². The van der Waals surface area contributed by atoms with Gasteiger partial charge in [0.15, 0.2) is 0 Å². The largest absolute Gasteiger partial charge is 0.495 e. The number of methoxy groups -OCH3 is 1. The second-order valence-electron chi connectivity index (χ2n) is 4.29. The summed E-state index contributed by atoms with van der Waals surface area (Å²) < 4.78 is 8.06. The number of nitrogens with one attached hydrogen (secondary N) is 1. The van der Waals surface area contributed by atoms with Crippen molar-refractivity contribution in [2.75, 3.05) is 12.4 Å². The maximum Gasteiger partial charge on any atom is 0.255 e. The number of halogens is 2. The molecule has 2 aromatic rings. The van der Waals surface area contributed by atoms with E-state index in [0.717, 1.165) is 4.47 Å². The maximum absolute atomic E-state index is 12.2. The van der Waals surface area contributed by atoms with Crippen LogP contribution < -0.4 is 15.6 Å². The molecule has 0 spiro atoms. The predicted molar refractivity (Wildman–Crippen MR) is 88.0 cm³/mol. The van der Waals surface area contributed by atoms with Gasteiger partial charge in [-0.3, -0.25) is 9.59 Å². The Morgan fingerprint density at radius 1 is 1.24 bits per heavy atom. The van der Waals surface area contributed by atoms with Crippen LogP contribution in [0.15, 0.2) is 44.2 Å². The van der Waals surface area contributed by atoms with Gasteiger partial charge in [-0.15, -0.1) is 0 Å². The van der Waals surface area contributed by atoms with Crippen molar-refractivity contribution in [1.29, 1.82) is 0 Å². The number of carbonyl (C=O) groups is 1. The molecule has 0 saturated carbocycles. The molecule has 0 saturated heterocycles. The summed E-state index contributed by atoms with van der Waals surface area (Å²) in [5, 5.41) is 2.74. The van der Waals surface area contributed by atoms with Crippen LogP contribution >= 0.6 is 31.9 Å². The zero-order valence-corrected chi connectivity index (χ0v) is 14.5. The van der Waals surface area contributed by atoms with Crippen LogP contribution in [0.3, 0.4) is 0 Å². The number of hydrogen-bond donors (Lipinski definition) is 1. The Labute approximate surface area is 138 Å². The molecule has 0 bridgehead atoms. The standard InChI is InChI=1S/C14H12Br2N2O3/c1-18-4-3-8(5-13(18)19)14(20)17-11-7-12(21-2)10(16)6-9(11)15/h3-7H,1-2H3,(H,17,20). The van der Waals surface area contributed by atoms with E-state index in [1.807, 2.05) is 0 Å². The van der Waals surface area contributed by atoms with Crippen molar-refractivity contribution < 1.29 is 9.53 Å². The lowest BCUT2D eigenvalue weighted by atomic mass is 10.2. The summed E-state index contributed by atoms with van der Waals surface area (Å²) in [5.74, 6) is 0.232. The number of ether oxygens (including phenoxy) is 1. The fraction of sp³-hybridized carbons (Fsp3) is 0.143. The third-order valence-corrected chi connectivity index (χ3v) is 4.13. The number of aromatic nitrogens is 1. The molecule has 7 heteroatoms. The summed E-state index contributed by atoms with van der Waals surface area (Å²) >= 11 is 6.73. The zero-order valence-electron chi connectivity index (χ0n) is 11.3. The number of rotatable bonds is 3. The van der Waals surface area contributed by atoms with Crippen molar-refractivity contribution >= 4 is 43.5 Å². The monoisotopic (exact) mass is 414 g/mol. The Morgan fingerprint density at radius 2 is 1.95 bits per heavy atom. The molecule has 0 unspecified atom stereocenters. The third-order valence-electron chi connectivity index (χ3n) is 2.86. The lowest BCUT2D eigenvalue weighted by Gasteiger charge is -2.11. The average Bonchev–Trinajstić information content (AvgIpc) is 2.44. The molecule has 1 heterocycles. The van der Waals surface area contributed by atoms with Crippen molar-refractivity contribution in [3.63, 3.8) is 0 Å². The predicted octanol–water partition coefficient (Wildman–Crippen LogP) is 3.17. The van der Waals surface area contributed by atoms with Gasteiger partial charge in [0.1, 0.15) is 5.75 Å². The van der Waals surface area contributed by atoms with E-state index in [9.17, 15) is 9.59 Å². The van der Waals surface area contributed by atoms with Crippen LogP contribution in [0, 0.1) is 0 Å². The Hall–Kier alpha value is -1.60. The number of pyridine rings is 1. The molecule has 110 valence electrons. The Kier molecular flexibility index (Phi) is 4.84. The molecule has 1 aromatic carbocycles. The summed E-state index contributed by atoms with van der Waals surface area (Å²) in [5.41, 5.74) is 0.614. The SMILES string of the molecule is COc1cc(NC(=O)c2ccn(C)c(=O)c2)c(Br)cc1Br. The van der Waals surface area contributed by atoms with Crippen LogP contribution in [-0.2, 0) is 7.05 Å². The van der Waals surface area contributed by atoms with E-state index in [1.54, 1.807) is 38.6 Å². The van der Waals surface area contributed by atoms with E-state index >= 15 is 0 Å². The minimum absolute atomic E-state index is 0.241. The van der Waals surface area contributed by atoms with Crippen LogP contribution in [0.25, 0.3) is 0 Å². The van der Waals surface area contributed by atoms with E-state index in [4.69, 9.17) is 4.74 Å². The molecule has 1 N–H and O–H groups in total. The number of anilines is 1. The van der Waals surface area contributed by atoms with Gasteiger partial charge in [-0.1, -0.05) is 0 Å². The van der Waals surface area contributed by atoms with E-state index in [-0.39, 0.29) is 11.5 Å². The highest BCUT2D eigenvalue weighted by Crippen LogP contribution is 2.34. The van der Waals surface area contributed by atoms with Gasteiger partial charge in [-0.25, -0.2) is 0 Å². The summed E-state index contributed by atoms with van der Waals surface area (Å²) in [6.07, 6.45) is 1.55. The van der Waals surface area contributed by atoms with Gasteiger partial charge in [0.05, 0.1) is 17.3 Å². The summed E-state index contributed by atoms with van der Waals surface area (Å²) in [6, 6.07) is 6.34. The summed E-state index contributed by atoms with van der Waals surface area (Å²) in [4.78, 5) is 23.7. The second kappa shape index (κ2) is 6.44. The highest BCUT2D eigenvalue weighted by atomic mass is 79.9. The molecule has 0 aliphatic carbocycles. The molecular weight excluding hydrogens is 404 g/mol. The molecule has 2 rings (SSSR count). The quantitative estimate of drug-likeness (QED) is 0.837. The Morgan fingerprint density at radius 3 is 2.57 bits per heavy atom. The molecule has 0 atom stereocenters. The Bertz CT molecular complexity index is 756. The highest BCUT2D eigenvalue weighted by molar-refractivity contribution is 9.11. The topological polar surface area (TPSA) is 60.3 Å². The third kappa shape index (κ3) is 3.54. The number of benzene rings is 1. The fourth-order valence-electron chi connectivity index (χ4n) is 1.67. The Balaban J connectivity index is 2.31. The smallest absolute Gasteiger partial charge is 0.255 e. The van der Waals surface area contributed by atoms with Gasteiger partial charge in [-0.2, -0.15) is 0 Å². The van der Waals surface area contributed by atoms with Gasteiger partial charge in [0.2, 0.25) is 0 Å². The first-order chi connectivity index (χ1) is 9.92. The van der Waals surface area contributed by atoms with Crippen LogP contribution in [0.5, 0.6) is 5.75 Å². The molecule has 5 nitrogen and oxygen atoms in total. The van der Waals surface area contributed by atoms with E-state index in [1.165, 1.54) is 10.6 Å². The van der Waals surface area contributed by atoms with Gasteiger partial charge >= 0.3 is 0 Å². The minimum Gasteiger partial charge on any atom is -0.495 e. The van der Waals surface area contributed by atoms with Gasteiger partial charge in [0.25, 0.3) is 11.5 Å². The first-order valence-electron chi connectivity index (χ1n) is 5.93. The van der Waals surface area contributed by atoms with Crippen molar-refractivity contribution in [2.45, 2.75) is 0 Å². The number of aryl methyl sites for hydroxylation is 1. The molecule has 1 amide bonds. The number of nitrogens with zero attached hydrogens (tertiary/aromatic N) is 1. The lowest BCUT2D eigenvalue weighted by Crippen LogP contribution is -2.20. The molecule has 1 aromatic heterocycles. The first kappa shape index (κ1) is 15.8. The van der Waals surface area contributed by atoms with Gasteiger partial charge < -0.3 is 14.6 Å². The fourth-order valence-corrected chi connectivity index (χ4v) is 2.92. The second-order valence-corrected chi connectivity index (χ2v) is 5.99. The number of amides is 1. The molecule has 0 radical (unpaired) electrons. The summed E-state index contributed by atoms with van der Waals surface area (Å²) in [6.45, 7) is 0. The summed E-state index contributed by atoms with van der Waals surface area (Å²) in [7, 11) is 3.17. The average molecular weight is 416 g/mol. The molecule has 0 aliphatic rings. The van der Waals surface area contributed by atoms with Gasteiger partial charge in [-0.05, 0) is 44.0 Å². The molecule has 21 heavy (non-hydrogen) atoms. The number of carbonyl (C=O) groups excluding carboxylic acids is 1. The van der Waals surface area contributed by atoms with Crippen molar-refractivity contribution in [1.82, 2.24) is 4.57 Å². The minimum atomic E-state index is -0.363. The van der Waals surface area contributed by atoms with E-state index in [0.29, 0.717) is 21.5 Å². The highest BCUT2D eigenvalue weighted by Gasteiger charge is 2.12. The van der Waals surface area contributed by atoms with Crippen molar-refractivity contribution in [3.05, 3.63) is 55.3 Å². The normalized spacial score (nSPS) is 10.3. The number of hydrogen-bond acceptors (Lipinski definition) is 3. The zero-order chi connectivity index (χ0) is 15.6. The van der Waals surface area contributed by atoms with Crippen molar-refractivity contribution in [3.8, 4) is 5.75 Å². The van der Waals surface area contributed by atoms with Crippen molar-refractivity contribution in [2.24, 2.45) is 7.05 Å². The lowest BCUT2D eigenvalue weighted by molar-refractivity contribution is 0.102. The molecule has 0 aliphatic heterocycles.